The molecule has 0 aromatic heterocycles. The number of rotatable bonds is 6. The molecule has 26 heavy (non-hydrogen) atoms. The number of amides is 1. The monoisotopic (exact) mass is 375 g/mol. The van der Waals surface area contributed by atoms with Crippen molar-refractivity contribution in [1.29, 1.82) is 0 Å². The highest BCUT2D eigenvalue weighted by Crippen LogP contribution is 2.30. The topological polar surface area (TPSA) is 73.9 Å². The predicted molar refractivity (Wildman–Crippen MR) is 95.9 cm³/mol. The standard InChI is InChI=1S/C19H18ClNO5/c20-15-3-1-2-13(10-15)6-7-21-18(22)12-26-19(23)14-4-5-16-17(11-14)25-9-8-24-16/h1-5,10-11H,6-9,12H2,(H,21,22). The van der Waals surface area contributed by atoms with Crippen LogP contribution in [0.4, 0.5) is 0 Å². The molecule has 1 heterocycles. The SMILES string of the molecule is O=C(COC(=O)c1ccc2c(c1)OCCO2)NCCc1cccc(Cl)c1. The number of carbonyl (C=O) groups excluding carboxylic acids is 2. The van der Waals surface area contributed by atoms with E-state index in [1.165, 1.54) is 0 Å². The molecule has 3 rings (SSSR count). The first-order valence-corrected chi connectivity index (χ1v) is 8.57. The van der Waals surface area contributed by atoms with Crippen LogP contribution in [0.3, 0.4) is 0 Å². The first kappa shape index (κ1) is 18.1. The van der Waals surface area contributed by atoms with E-state index in [2.05, 4.69) is 5.32 Å². The van der Waals surface area contributed by atoms with Crippen LogP contribution in [0.2, 0.25) is 5.02 Å². The van der Waals surface area contributed by atoms with Crippen LogP contribution in [-0.4, -0.2) is 38.2 Å². The molecule has 0 atom stereocenters. The first-order valence-electron chi connectivity index (χ1n) is 8.20. The zero-order valence-corrected chi connectivity index (χ0v) is 14.8. The molecule has 0 radical (unpaired) electrons. The zero-order valence-electron chi connectivity index (χ0n) is 14.0. The number of ether oxygens (including phenoxy) is 3. The molecule has 1 N–H and O–H groups in total. The summed E-state index contributed by atoms with van der Waals surface area (Å²) in [6.45, 7) is 0.996. The van der Waals surface area contributed by atoms with Gasteiger partial charge in [-0.15, -0.1) is 0 Å². The Hall–Kier alpha value is -2.73. The fourth-order valence-corrected chi connectivity index (χ4v) is 2.69. The van der Waals surface area contributed by atoms with E-state index >= 15 is 0 Å². The summed E-state index contributed by atoms with van der Waals surface area (Å²) in [5.74, 6) is 0.133. The Morgan fingerprint density at radius 3 is 2.69 bits per heavy atom. The van der Waals surface area contributed by atoms with Crippen molar-refractivity contribution in [2.75, 3.05) is 26.4 Å². The van der Waals surface area contributed by atoms with Crippen LogP contribution >= 0.6 is 11.6 Å². The molecule has 0 fully saturated rings. The Bertz CT molecular complexity index is 808. The van der Waals surface area contributed by atoms with Crippen LogP contribution in [-0.2, 0) is 16.0 Å². The summed E-state index contributed by atoms with van der Waals surface area (Å²) in [4.78, 5) is 23.9. The largest absolute Gasteiger partial charge is 0.486 e. The van der Waals surface area contributed by atoms with Crippen molar-refractivity contribution in [3.05, 3.63) is 58.6 Å². The smallest absolute Gasteiger partial charge is 0.338 e. The quantitative estimate of drug-likeness (QED) is 0.786. The van der Waals surface area contributed by atoms with Gasteiger partial charge in [0.1, 0.15) is 13.2 Å². The molecule has 2 aromatic rings. The molecule has 7 heteroatoms. The minimum atomic E-state index is -0.591. The normalized spacial score (nSPS) is 12.3. The summed E-state index contributed by atoms with van der Waals surface area (Å²) < 4.78 is 15.9. The van der Waals surface area contributed by atoms with E-state index < -0.39 is 5.97 Å². The number of hydrogen-bond acceptors (Lipinski definition) is 5. The fourth-order valence-electron chi connectivity index (χ4n) is 2.47. The molecule has 1 aliphatic rings. The molecule has 1 amide bonds. The number of hydrogen-bond donors (Lipinski definition) is 1. The fraction of sp³-hybridized carbons (Fsp3) is 0.263. The van der Waals surface area contributed by atoms with Crippen LogP contribution in [0, 0.1) is 0 Å². The van der Waals surface area contributed by atoms with Crippen molar-refractivity contribution in [1.82, 2.24) is 5.32 Å². The van der Waals surface area contributed by atoms with Gasteiger partial charge in [-0.2, -0.15) is 0 Å². The van der Waals surface area contributed by atoms with Gasteiger partial charge in [-0.3, -0.25) is 4.79 Å². The van der Waals surface area contributed by atoms with Gasteiger partial charge in [-0.25, -0.2) is 4.79 Å². The van der Waals surface area contributed by atoms with Crippen molar-refractivity contribution in [3.8, 4) is 11.5 Å². The highest BCUT2D eigenvalue weighted by Gasteiger charge is 2.16. The van der Waals surface area contributed by atoms with Crippen LogP contribution in [0.15, 0.2) is 42.5 Å². The Morgan fingerprint density at radius 1 is 1.08 bits per heavy atom. The Morgan fingerprint density at radius 2 is 1.88 bits per heavy atom. The number of benzene rings is 2. The van der Waals surface area contributed by atoms with E-state index in [0.29, 0.717) is 48.3 Å². The maximum Gasteiger partial charge on any atom is 0.338 e. The number of nitrogens with one attached hydrogen (secondary N) is 1. The molecular formula is C19H18ClNO5. The molecule has 6 nitrogen and oxygen atoms in total. The Kier molecular flexibility index (Phi) is 5.96. The lowest BCUT2D eigenvalue weighted by atomic mass is 10.1. The highest BCUT2D eigenvalue weighted by molar-refractivity contribution is 6.30. The average molecular weight is 376 g/mol. The second-order valence-electron chi connectivity index (χ2n) is 5.66. The molecule has 2 aromatic carbocycles. The Labute approximate surface area is 156 Å². The van der Waals surface area contributed by atoms with Gasteiger partial charge in [0.15, 0.2) is 18.1 Å². The summed E-state index contributed by atoms with van der Waals surface area (Å²) in [6.07, 6.45) is 0.641. The van der Waals surface area contributed by atoms with Gasteiger partial charge in [0.25, 0.3) is 5.91 Å². The molecular weight excluding hydrogens is 358 g/mol. The second kappa shape index (κ2) is 8.58. The van der Waals surface area contributed by atoms with Gasteiger partial charge in [0, 0.05) is 11.6 Å². The average Bonchev–Trinajstić information content (AvgIpc) is 2.66. The highest BCUT2D eigenvalue weighted by atomic mass is 35.5. The third-order valence-electron chi connectivity index (χ3n) is 3.74. The van der Waals surface area contributed by atoms with Crippen molar-refractivity contribution in [2.24, 2.45) is 0 Å². The van der Waals surface area contributed by atoms with Gasteiger partial charge < -0.3 is 19.5 Å². The molecule has 1 aliphatic heterocycles. The maximum absolute atomic E-state index is 12.1. The van der Waals surface area contributed by atoms with Gasteiger partial charge >= 0.3 is 5.97 Å². The predicted octanol–water partition coefficient (Wildman–Crippen LogP) is 2.63. The van der Waals surface area contributed by atoms with E-state index in [0.717, 1.165) is 5.56 Å². The van der Waals surface area contributed by atoms with Crippen molar-refractivity contribution in [3.63, 3.8) is 0 Å². The van der Waals surface area contributed by atoms with Crippen molar-refractivity contribution < 1.29 is 23.8 Å². The lowest BCUT2D eigenvalue weighted by Gasteiger charge is -2.18. The zero-order chi connectivity index (χ0) is 18.4. The summed E-state index contributed by atoms with van der Waals surface area (Å²) >= 11 is 5.91. The number of esters is 1. The molecule has 0 saturated heterocycles. The maximum atomic E-state index is 12.1. The van der Waals surface area contributed by atoms with Gasteiger partial charge in [-0.05, 0) is 42.3 Å². The second-order valence-corrected chi connectivity index (χ2v) is 6.10. The van der Waals surface area contributed by atoms with Crippen molar-refractivity contribution in [2.45, 2.75) is 6.42 Å². The minimum absolute atomic E-state index is 0.306. The number of fused-ring (bicyclic) bond motifs is 1. The van der Waals surface area contributed by atoms with E-state index in [1.807, 2.05) is 18.2 Å². The Balaban J connectivity index is 1.43. The van der Waals surface area contributed by atoms with Gasteiger partial charge in [-0.1, -0.05) is 23.7 Å². The van der Waals surface area contributed by atoms with E-state index in [4.69, 9.17) is 25.8 Å². The van der Waals surface area contributed by atoms with E-state index in [1.54, 1.807) is 24.3 Å². The van der Waals surface area contributed by atoms with Crippen LogP contribution in [0.1, 0.15) is 15.9 Å². The van der Waals surface area contributed by atoms with Crippen LogP contribution < -0.4 is 14.8 Å². The minimum Gasteiger partial charge on any atom is -0.486 e. The number of halogens is 1. The summed E-state index contributed by atoms with van der Waals surface area (Å²) in [6, 6.07) is 12.2. The third kappa shape index (κ3) is 4.89. The van der Waals surface area contributed by atoms with Gasteiger partial charge in [0.2, 0.25) is 0 Å². The lowest BCUT2D eigenvalue weighted by molar-refractivity contribution is -0.124. The molecule has 0 spiro atoms. The molecule has 0 unspecified atom stereocenters. The molecule has 0 bridgehead atoms. The summed E-state index contributed by atoms with van der Waals surface area (Å²) in [5, 5.41) is 3.36. The lowest BCUT2D eigenvalue weighted by Crippen LogP contribution is -2.30. The molecule has 136 valence electrons. The van der Waals surface area contributed by atoms with Gasteiger partial charge in [0.05, 0.1) is 5.56 Å². The summed E-state index contributed by atoms with van der Waals surface area (Å²) in [5.41, 5.74) is 1.33. The first-order chi connectivity index (χ1) is 12.6. The molecule has 0 saturated carbocycles. The van der Waals surface area contributed by atoms with Crippen LogP contribution in [0.5, 0.6) is 11.5 Å². The number of carbonyl (C=O) groups is 2. The third-order valence-corrected chi connectivity index (χ3v) is 3.97. The summed E-state index contributed by atoms with van der Waals surface area (Å²) in [7, 11) is 0. The van der Waals surface area contributed by atoms with E-state index in [-0.39, 0.29) is 12.5 Å². The van der Waals surface area contributed by atoms with Crippen molar-refractivity contribution >= 4 is 23.5 Å². The van der Waals surface area contributed by atoms with Crippen LogP contribution in [0.25, 0.3) is 0 Å². The molecule has 0 aliphatic carbocycles. The van der Waals surface area contributed by atoms with E-state index in [9.17, 15) is 9.59 Å².